The van der Waals surface area contributed by atoms with Crippen molar-refractivity contribution in [1.82, 2.24) is 14.9 Å². The molecule has 0 unspecified atom stereocenters. The predicted octanol–water partition coefficient (Wildman–Crippen LogP) is 4.58. The van der Waals surface area contributed by atoms with Gasteiger partial charge in [-0.3, -0.25) is 4.79 Å². The molecule has 0 aliphatic carbocycles. The molecule has 6 nitrogen and oxygen atoms in total. The van der Waals surface area contributed by atoms with Gasteiger partial charge in [0.2, 0.25) is 0 Å². The Bertz CT molecular complexity index is 1230. The molecule has 0 spiro atoms. The number of fused-ring (bicyclic) bond motifs is 1. The monoisotopic (exact) mass is 455 g/mol. The molecule has 0 aliphatic rings. The third kappa shape index (κ3) is 6.04. The molecule has 0 fully saturated rings. The van der Waals surface area contributed by atoms with E-state index < -0.39 is 0 Å². The van der Waals surface area contributed by atoms with Crippen molar-refractivity contribution in [2.24, 2.45) is 0 Å². The minimum atomic E-state index is -0.159. The molecule has 0 atom stereocenters. The molecule has 1 N–H and O–H groups in total. The number of hydrogen-bond donors (Lipinski definition) is 1. The second kappa shape index (κ2) is 11.7. The summed E-state index contributed by atoms with van der Waals surface area (Å²) in [5.41, 5.74) is 3.11. The number of allylic oxidation sites excluding steroid dienone is 1. The van der Waals surface area contributed by atoms with Crippen molar-refractivity contribution in [2.75, 3.05) is 19.8 Å². The van der Waals surface area contributed by atoms with Gasteiger partial charge in [-0.25, -0.2) is 4.98 Å². The molecule has 3 aromatic carbocycles. The van der Waals surface area contributed by atoms with Crippen molar-refractivity contribution in [1.29, 1.82) is 0 Å². The number of amides is 1. The van der Waals surface area contributed by atoms with Gasteiger partial charge in [-0.2, -0.15) is 0 Å². The summed E-state index contributed by atoms with van der Waals surface area (Å²) in [7, 11) is 0. The van der Waals surface area contributed by atoms with Crippen LogP contribution in [0.5, 0.6) is 11.5 Å². The molecule has 174 valence electrons. The zero-order valence-corrected chi connectivity index (χ0v) is 19.2. The number of rotatable bonds is 12. The second-order valence-electron chi connectivity index (χ2n) is 7.82. The Morgan fingerprint density at radius 2 is 1.74 bits per heavy atom. The van der Waals surface area contributed by atoms with Crippen LogP contribution in [0.2, 0.25) is 0 Å². The van der Waals surface area contributed by atoms with E-state index in [9.17, 15) is 4.79 Å². The molecule has 4 aromatic rings. The van der Waals surface area contributed by atoms with Gasteiger partial charge in [0.25, 0.3) is 5.91 Å². The maximum absolute atomic E-state index is 12.2. The molecule has 0 saturated carbocycles. The quantitative estimate of drug-likeness (QED) is 0.318. The van der Waals surface area contributed by atoms with Crippen LogP contribution in [-0.2, 0) is 24.2 Å². The van der Waals surface area contributed by atoms with E-state index in [1.807, 2.05) is 72.8 Å². The molecule has 0 aliphatic heterocycles. The summed E-state index contributed by atoms with van der Waals surface area (Å²) in [4.78, 5) is 17.0. The third-order valence-electron chi connectivity index (χ3n) is 5.43. The molecular weight excluding hydrogens is 426 g/mol. The number of carbonyl (C=O) groups is 1. The minimum absolute atomic E-state index is 0.0155. The minimum Gasteiger partial charge on any atom is -0.491 e. The van der Waals surface area contributed by atoms with Crippen molar-refractivity contribution >= 4 is 16.9 Å². The number of hydrogen-bond acceptors (Lipinski definition) is 4. The molecule has 4 rings (SSSR count). The molecule has 6 heteroatoms. The lowest BCUT2D eigenvalue weighted by molar-refractivity contribution is -0.123. The first-order valence-corrected chi connectivity index (χ1v) is 11.4. The maximum atomic E-state index is 12.2. The lowest BCUT2D eigenvalue weighted by Crippen LogP contribution is -2.31. The highest BCUT2D eigenvalue weighted by Gasteiger charge is 2.12. The summed E-state index contributed by atoms with van der Waals surface area (Å²) in [6.07, 6.45) is 3.25. The topological polar surface area (TPSA) is 65.4 Å². The molecule has 0 saturated heterocycles. The van der Waals surface area contributed by atoms with Gasteiger partial charge in [0.15, 0.2) is 6.61 Å². The van der Waals surface area contributed by atoms with Crippen LogP contribution in [0.15, 0.2) is 91.5 Å². The Morgan fingerprint density at radius 1 is 0.971 bits per heavy atom. The molecule has 34 heavy (non-hydrogen) atoms. The van der Waals surface area contributed by atoms with Crippen molar-refractivity contribution in [3.63, 3.8) is 0 Å². The van der Waals surface area contributed by atoms with Crippen LogP contribution in [0.4, 0.5) is 0 Å². The summed E-state index contributed by atoms with van der Waals surface area (Å²) >= 11 is 0. The summed E-state index contributed by atoms with van der Waals surface area (Å²) < 4.78 is 13.8. The van der Waals surface area contributed by atoms with Gasteiger partial charge in [0.05, 0.1) is 17.6 Å². The largest absolute Gasteiger partial charge is 0.491 e. The van der Waals surface area contributed by atoms with Gasteiger partial charge in [-0.15, -0.1) is 6.58 Å². The van der Waals surface area contributed by atoms with E-state index in [0.717, 1.165) is 34.6 Å². The fourth-order valence-electron chi connectivity index (χ4n) is 3.81. The van der Waals surface area contributed by atoms with E-state index in [0.29, 0.717) is 31.9 Å². The smallest absolute Gasteiger partial charge is 0.257 e. The van der Waals surface area contributed by atoms with Crippen molar-refractivity contribution in [2.45, 2.75) is 19.4 Å². The van der Waals surface area contributed by atoms with Gasteiger partial charge >= 0.3 is 0 Å². The summed E-state index contributed by atoms with van der Waals surface area (Å²) in [5, 5.41) is 2.92. The van der Waals surface area contributed by atoms with Gasteiger partial charge in [-0.05, 0) is 42.3 Å². The summed E-state index contributed by atoms with van der Waals surface area (Å²) in [6.45, 7) is 5.45. The van der Waals surface area contributed by atoms with E-state index in [2.05, 4.69) is 28.6 Å². The fourth-order valence-corrected chi connectivity index (χ4v) is 3.81. The Balaban J connectivity index is 1.35. The van der Waals surface area contributed by atoms with Gasteiger partial charge < -0.3 is 19.4 Å². The first kappa shape index (κ1) is 23.1. The molecule has 1 aromatic heterocycles. The standard InChI is InChI=1S/C28H29N3O3/c1-2-10-22-11-6-9-16-26(22)33-20-19-31-25-15-8-7-14-24(25)30-27(31)17-18-29-28(32)21-34-23-12-4-3-5-13-23/h2-9,11-16H,1,10,17-21H2,(H,29,32). The Hall–Kier alpha value is -4.06. The molecule has 1 heterocycles. The van der Waals surface area contributed by atoms with E-state index in [4.69, 9.17) is 14.5 Å². The van der Waals surface area contributed by atoms with E-state index in [1.165, 1.54) is 0 Å². The predicted molar refractivity (Wildman–Crippen MR) is 134 cm³/mol. The lowest BCUT2D eigenvalue weighted by atomic mass is 10.1. The first-order chi connectivity index (χ1) is 16.7. The number of carbonyl (C=O) groups excluding carboxylic acids is 1. The average molecular weight is 456 g/mol. The molecule has 0 bridgehead atoms. The Kier molecular flexibility index (Phi) is 7.95. The highest BCUT2D eigenvalue weighted by molar-refractivity contribution is 5.77. The van der Waals surface area contributed by atoms with Crippen molar-refractivity contribution in [3.8, 4) is 11.5 Å². The normalized spacial score (nSPS) is 10.7. The van der Waals surface area contributed by atoms with Crippen LogP contribution in [-0.4, -0.2) is 35.2 Å². The number of nitrogens with one attached hydrogen (secondary N) is 1. The van der Waals surface area contributed by atoms with Gasteiger partial charge in [0, 0.05) is 13.0 Å². The number of nitrogens with zero attached hydrogens (tertiary/aromatic N) is 2. The van der Waals surface area contributed by atoms with Crippen LogP contribution in [0, 0.1) is 0 Å². The molecular formula is C28H29N3O3. The zero-order chi connectivity index (χ0) is 23.6. The summed E-state index contributed by atoms with van der Waals surface area (Å²) in [5.74, 6) is 2.30. The SMILES string of the molecule is C=CCc1ccccc1OCCn1c(CCNC(=O)COc2ccccc2)nc2ccccc21. The zero-order valence-electron chi connectivity index (χ0n) is 19.2. The number of imidazole rings is 1. The van der Waals surface area contributed by atoms with Crippen LogP contribution in [0.1, 0.15) is 11.4 Å². The highest BCUT2D eigenvalue weighted by Crippen LogP contribution is 2.20. The van der Waals surface area contributed by atoms with Crippen LogP contribution < -0.4 is 14.8 Å². The third-order valence-corrected chi connectivity index (χ3v) is 5.43. The van der Waals surface area contributed by atoms with E-state index in [1.54, 1.807) is 0 Å². The van der Waals surface area contributed by atoms with Crippen LogP contribution >= 0.6 is 0 Å². The van der Waals surface area contributed by atoms with Crippen molar-refractivity contribution < 1.29 is 14.3 Å². The number of para-hydroxylation sites is 4. The Labute approximate surface area is 199 Å². The number of aromatic nitrogens is 2. The van der Waals surface area contributed by atoms with E-state index >= 15 is 0 Å². The second-order valence-corrected chi connectivity index (χ2v) is 7.82. The van der Waals surface area contributed by atoms with Crippen LogP contribution in [0.3, 0.4) is 0 Å². The maximum Gasteiger partial charge on any atom is 0.257 e. The average Bonchev–Trinajstić information content (AvgIpc) is 3.22. The van der Waals surface area contributed by atoms with Crippen molar-refractivity contribution in [3.05, 3.63) is 103 Å². The van der Waals surface area contributed by atoms with Gasteiger partial charge in [0.1, 0.15) is 23.9 Å². The number of ether oxygens (including phenoxy) is 2. The number of benzene rings is 3. The Morgan fingerprint density at radius 3 is 2.59 bits per heavy atom. The first-order valence-electron chi connectivity index (χ1n) is 11.4. The summed E-state index contributed by atoms with van der Waals surface area (Å²) in [6, 6.07) is 25.4. The molecule has 1 amide bonds. The highest BCUT2D eigenvalue weighted by atomic mass is 16.5. The fraction of sp³-hybridized carbons (Fsp3) is 0.214. The van der Waals surface area contributed by atoms with Crippen LogP contribution in [0.25, 0.3) is 11.0 Å². The lowest BCUT2D eigenvalue weighted by Gasteiger charge is -2.13. The van der Waals surface area contributed by atoms with E-state index in [-0.39, 0.29) is 12.5 Å². The molecule has 0 radical (unpaired) electrons. The van der Waals surface area contributed by atoms with Gasteiger partial charge in [-0.1, -0.05) is 54.6 Å².